The highest BCUT2D eigenvalue weighted by Crippen LogP contribution is 2.55. The van der Waals surface area contributed by atoms with Gasteiger partial charge in [0.15, 0.2) is 0 Å². The summed E-state index contributed by atoms with van der Waals surface area (Å²) >= 11 is 0. The number of hydrogen-bond acceptors (Lipinski definition) is 1. The highest BCUT2D eigenvalue weighted by atomic mass is 16.2. The first kappa shape index (κ1) is 9.49. The number of carbonyl (C=O) groups is 1. The Balaban J connectivity index is 1.41. The van der Waals surface area contributed by atoms with Crippen LogP contribution in [-0.2, 0) is 4.79 Å². The molecule has 3 aliphatic carbocycles. The molecule has 16 heavy (non-hydrogen) atoms. The second-order valence-corrected chi connectivity index (χ2v) is 6.62. The van der Waals surface area contributed by atoms with E-state index in [1.54, 1.807) is 0 Å². The van der Waals surface area contributed by atoms with Crippen molar-refractivity contribution in [3.8, 4) is 0 Å². The van der Waals surface area contributed by atoms with Gasteiger partial charge in [0.1, 0.15) is 0 Å². The molecule has 0 aromatic heterocycles. The van der Waals surface area contributed by atoms with Gasteiger partial charge in [-0.1, -0.05) is 6.42 Å². The van der Waals surface area contributed by atoms with Crippen molar-refractivity contribution in [2.75, 3.05) is 13.1 Å². The number of nitrogens with zero attached hydrogens (tertiary/aromatic N) is 1. The number of amides is 1. The van der Waals surface area contributed by atoms with Crippen molar-refractivity contribution >= 4 is 5.91 Å². The third kappa shape index (κ3) is 1.34. The van der Waals surface area contributed by atoms with Crippen LogP contribution in [0.4, 0.5) is 0 Å². The molecule has 1 saturated heterocycles. The molecule has 1 aliphatic heterocycles. The summed E-state index contributed by atoms with van der Waals surface area (Å²) < 4.78 is 0. The van der Waals surface area contributed by atoms with Crippen molar-refractivity contribution in [3.05, 3.63) is 0 Å². The minimum absolute atomic E-state index is 0.419. The van der Waals surface area contributed by atoms with E-state index in [0.29, 0.717) is 11.8 Å². The first-order valence-corrected chi connectivity index (χ1v) is 7.10. The molecule has 1 heterocycles. The van der Waals surface area contributed by atoms with Gasteiger partial charge >= 0.3 is 0 Å². The minimum Gasteiger partial charge on any atom is -0.342 e. The summed E-state index contributed by atoms with van der Waals surface area (Å²) in [5.41, 5.74) is 0. The van der Waals surface area contributed by atoms with Crippen molar-refractivity contribution in [1.29, 1.82) is 0 Å². The van der Waals surface area contributed by atoms with Crippen LogP contribution in [0.5, 0.6) is 0 Å². The number of rotatable bonds is 1. The van der Waals surface area contributed by atoms with Crippen LogP contribution in [0.25, 0.3) is 0 Å². The zero-order valence-corrected chi connectivity index (χ0v) is 9.90. The lowest BCUT2D eigenvalue weighted by molar-refractivity contribution is -0.134. The topological polar surface area (TPSA) is 20.3 Å². The number of fused-ring (bicyclic) bond motifs is 2. The molecule has 4 aliphatic rings. The Morgan fingerprint density at radius 3 is 2.12 bits per heavy atom. The average Bonchev–Trinajstić information content (AvgIpc) is 2.73. The second kappa shape index (κ2) is 3.24. The molecule has 0 N–H and O–H groups in total. The Kier molecular flexibility index (Phi) is 1.92. The van der Waals surface area contributed by atoms with Crippen LogP contribution in [0.3, 0.4) is 0 Å². The van der Waals surface area contributed by atoms with E-state index < -0.39 is 0 Å². The monoisotopic (exact) mass is 219 g/mol. The lowest BCUT2D eigenvalue weighted by Gasteiger charge is -2.22. The van der Waals surface area contributed by atoms with E-state index >= 15 is 0 Å². The van der Waals surface area contributed by atoms with Gasteiger partial charge in [0.05, 0.1) is 0 Å². The van der Waals surface area contributed by atoms with E-state index in [9.17, 15) is 4.79 Å². The van der Waals surface area contributed by atoms with Gasteiger partial charge in [0.2, 0.25) is 5.91 Å². The number of carbonyl (C=O) groups excluding carboxylic acids is 1. The standard InChI is InChI=1S/C14H21NO/c16-14(13-5-11-4-12(11)6-13)15-7-9-2-1-3-10(9)8-15/h9-13H,1-8H2. The fourth-order valence-corrected chi connectivity index (χ4v) is 4.59. The highest BCUT2D eigenvalue weighted by Gasteiger charge is 2.50. The molecule has 4 unspecified atom stereocenters. The summed E-state index contributed by atoms with van der Waals surface area (Å²) in [6.07, 6.45) is 8.03. The molecule has 4 atom stereocenters. The van der Waals surface area contributed by atoms with Crippen LogP contribution in [0.15, 0.2) is 0 Å². The van der Waals surface area contributed by atoms with E-state index in [2.05, 4.69) is 4.90 Å². The van der Waals surface area contributed by atoms with Gasteiger partial charge < -0.3 is 4.90 Å². The molecular weight excluding hydrogens is 198 g/mol. The van der Waals surface area contributed by atoms with Crippen LogP contribution in [0.2, 0.25) is 0 Å². The molecule has 0 radical (unpaired) electrons. The Morgan fingerprint density at radius 1 is 0.875 bits per heavy atom. The largest absolute Gasteiger partial charge is 0.342 e. The summed E-state index contributed by atoms with van der Waals surface area (Å²) in [5.74, 6) is 4.54. The van der Waals surface area contributed by atoms with Gasteiger partial charge in [-0.3, -0.25) is 4.79 Å². The number of likely N-dealkylation sites (tertiary alicyclic amines) is 1. The third-order valence-electron chi connectivity index (χ3n) is 5.63. The first-order chi connectivity index (χ1) is 7.81. The third-order valence-corrected chi connectivity index (χ3v) is 5.63. The van der Waals surface area contributed by atoms with Crippen molar-refractivity contribution in [2.45, 2.75) is 38.5 Å². The number of hydrogen-bond donors (Lipinski definition) is 0. The zero-order chi connectivity index (χ0) is 10.7. The summed E-state index contributed by atoms with van der Waals surface area (Å²) in [4.78, 5) is 14.6. The molecule has 4 fully saturated rings. The van der Waals surface area contributed by atoms with Crippen molar-refractivity contribution < 1.29 is 4.79 Å². The van der Waals surface area contributed by atoms with Crippen LogP contribution >= 0.6 is 0 Å². The van der Waals surface area contributed by atoms with Gasteiger partial charge in [-0.05, 0) is 55.8 Å². The molecule has 88 valence electrons. The summed E-state index contributed by atoms with van der Waals surface area (Å²) in [7, 11) is 0. The van der Waals surface area contributed by atoms with Gasteiger partial charge in [-0.2, -0.15) is 0 Å². The molecule has 0 aromatic carbocycles. The minimum atomic E-state index is 0.419. The van der Waals surface area contributed by atoms with Gasteiger partial charge in [-0.15, -0.1) is 0 Å². The van der Waals surface area contributed by atoms with Gasteiger partial charge in [0.25, 0.3) is 0 Å². The van der Waals surface area contributed by atoms with Crippen molar-refractivity contribution in [2.24, 2.45) is 29.6 Å². The Labute approximate surface area is 97.4 Å². The van der Waals surface area contributed by atoms with E-state index in [4.69, 9.17) is 0 Å². The lowest BCUT2D eigenvalue weighted by atomic mass is 10.0. The average molecular weight is 219 g/mol. The maximum atomic E-state index is 12.4. The van der Waals surface area contributed by atoms with E-state index in [1.165, 1.54) is 38.5 Å². The maximum Gasteiger partial charge on any atom is 0.225 e. The molecular formula is C14H21NO. The van der Waals surface area contributed by atoms with Crippen LogP contribution in [0.1, 0.15) is 38.5 Å². The Bertz CT molecular complexity index is 305. The van der Waals surface area contributed by atoms with Crippen LogP contribution in [0, 0.1) is 29.6 Å². The molecule has 0 aromatic rings. The molecule has 3 saturated carbocycles. The van der Waals surface area contributed by atoms with Crippen LogP contribution in [-0.4, -0.2) is 23.9 Å². The Morgan fingerprint density at radius 2 is 1.50 bits per heavy atom. The fourth-order valence-electron chi connectivity index (χ4n) is 4.59. The summed E-state index contributed by atoms with van der Waals surface area (Å²) in [5, 5.41) is 0. The summed E-state index contributed by atoms with van der Waals surface area (Å²) in [6.45, 7) is 2.19. The second-order valence-electron chi connectivity index (χ2n) is 6.62. The van der Waals surface area contributed by atoms with Crippen LogP contribution < -0.4 is 0 Å². The molecule has 0 spiro atoms. The maximum absolute atomic E-state index is 12.4. The van der Waals surface area contributed by atoms with Gasteiger partial charge in [-0.25, -0.2) is 0 Å². The van der Waals surface area contributed by atoms with Crippen molar-refractivity contribution in [1.82, 2.24) is 4.90 Å². The quantitative estimate of drug-likeness (QED) is 0.662. The van der Waals surface area contributed by atoms with Crippen molar-refractivity contribution in [3.63, 3.8) is 0 Å². The van der Waals surface area contributed by atoms with Gasteiger partial charge in [0, 0.05) is 19.0 Å². The first-order valence-electron chi connectivity index (χ1n) is 7.10. The van der Waals surface area contributed by atoms with E-state index in [1.807, 2.05) is 0 Å². The Hall–Kier alpha value is -0.530. The van der Waals surface area contributed by atoms with E-state index in [0.717, 1.165) is 36.8 Å². The summed E-state index contributed by atoms with van der Waals surface area (Å²) in [6, 6.07) is 0. The predicted octanol–water partition coefficient (Wildman–Crippen LogP) is 2.29. The van der Waals surface area contributed by atoms with E-state index in [-0.39, 0.29) is 0 Å². The fraction of sp³-hybridized carbons (Fsp3) is 0.929. The molecule has 2 heteroatoms. The predicted molar refractivity (Wildman–Crippen MR) is 61.7 cm³/mol. The zero-order valence-electron chi connectivity index (χ0n) is 9.90. The molecule has 2 nitrogen and oxygen atoms in total. The normalized spacial score (nSPS) is 49.2. The molecule has 4 rings (SSSR count). The highest BCUT2D eigenvalue weighted by molar-refractivity contribution is 5.79. The molecule has 1 amide bonds. The molecule has 0 bridgehead atoms. The lowest BCUT2D eigenvalue weighted by Crippen LogP contribution is -2.34. The smallest absolute Gasteiger partial charge is 0.225 e. The SMILES string of the molecule is O=C(C1CC2CC2C1)N1CC2CCCC2C1.